The average molecular weight is 220 g/mol. The van der Waals surface area contributed by atoms with Gasteiger partial charge in [-0.15, -0.1) is 0 Å². The molecule has 0 bridgehead atoms. The molecular formula is C10H16N6. The fourth-order valence-electron chi connectivity index (χ4n) is 1.56. The topological polar surface area (TPSA) is 74.5 Å². The minimum Gasteiger partial charge on any atom is -0.325 e. The number of nitrogens with zero attached hydrogens (tertiary/aromatic N) is 5. The van der Waals surface area contributed by atoms with Crippen LogP contribution in [0.3, 0.4) is 0 Å². The molecule has 0 saturated heterocycles. The van der Waals surface area contributed by atoms with Gasteiger partial charge in [0.1, 0.15) is 18.7 Å². The van der Waals surface area contributed by atoms with Crippen LogP contribution in [0.4, 0.5) is 0 Å². The molecule has 2 rings (SSSR count). The highest BCUT2D eigenvalue weighted by atomic mass is 15.4. The summed E-state index contributed by atoms with van der Waals surface area (Å²) in [6, 6.07) is 2.22. The molecular weight excluding hydrogens is 204 g/mol. The van der Waals surface area contributed by atoms with Crippen molar-refractivity contribution in [3.63, 3.8) is 0 Å². The lowest BCUT2D eigenvalue weighted by molar-refractivity contribution is 0.487. The largest absolute Gasteiger partial charge is 0.325 e. The highest BCUT2D eigenvalue weighted by Crippen LogP contribution is 2.06. The summed E-state index contributed by atoms with van der Waals surface area (Å²) in [6.07, 6.45) is 3.48. The van der Waals surface area contributed by atoms with Crippen molar-refractivity contribution >= 4 is 0 Å². The van der Waals surface area contributed by atoms with Crippen molar-refractivity contribution in [2.45, 2.75) is 33.0 Å². The molecule has 0 aliphatic carbocycles. The summed E-state index contributed by atoms with van der Waals surface area (Å²) < 4.78 is 3.72. The summed E-state index contributed by atoms with van der Waals surface area (Å²) in [5.74, 6) is 0.904. The lowest BCUT2D eigenvalue weighted by Gasteiger charge is -2.08. The van der Waals surface area contributed by atoms with Crippen LogP contribution in [-0.4, -0.2) is 24.5 Å². The van der Waals surface area contributed by atoms with Crippen LogP contribution in [0.25, 0.3) is 0 Å². The molecule has 2 N–H and O–H groups in total. The quantitative estimate of drug-likeness (QED) is 0.817. The van der Waals surface area contributed by atoms with Gasteiger partial charge in [-0.3, -0.25) is 4.68 Å². The Bertz CT molecular complexity index is 455. The van der Waals surface area contributed by atoms with E-state index >= 15 is 0 Å². The van der Waals surface area contributed by atoms with Gasteiger partial charge in [0.05, 0.1) is 5.69 Å². The third kappa shape index (κ3) is 2.11. The number of hydrogen-bond acceptors (Lipinski definition) is 4. The van der Waals surface area contributed by atoms with Gasteiger partial charge >= 0.3 is 0 Å². The zero-order chi connectivity index (χ0) is 11.5. The summed E-state index contributed by atoms with van der Waals surface area (Å²) in [5.41, 5.74) is 6.39. The summed E-state index contributed by atoms with van der Waals surface area (Å²) in [5, 5.41) is 8.49. The van der Waals surface area contributed by atoms with Gasteiger partial charge in [-0.05, 0) is 19.9 Å². The van der Waals surface area contributed by atoms with E-state index in [1.807, 2.05) is 21.6 Å². The Labute approximate surface area is 94.1 Å². The van der Waals surface area contributed by atoms with Crippen LogP contribution in [0.5, 0.6) is 0 Å². The molecule has 0 radical (unpaired) electrons. The lowest BCUT2D eigenvalue weighted by Crippen LogP contribution is -2.12. The molecule has 2 aromatic heterocycles. The van der Waals surface area contributed by atoms with Gasteiger partial charge in [-0.2, -0.15) is 10.2 Å². The van der Waals surface area contributed by atoms with E-state index < -0.39 is 0 Å². The van der Waals surface area contributed by atoms with E-state index in [0.717, 1.165) is 11.5 Å². The van der Waals surface area contributed by atoms with Gasteiger partial charge in [-0.1, -0.05) is 0 Å². The molecule has 0 aliphatic rings. The Morgan fingerprint density at radius 3 is 2.88 bits per heavy atom. The maximum atomic E-state index is 5.51. The number of rotatable bonds is 4. The SMILES string of the molecule is CC(C)n1ncnc1Cn1ccc(CN)n1. The highest BCUT2D eigenvalue weighted by Gasteiger charge is 2.08. The molecule has 16 heavy (non-hydrogen) atoms. The Kier molecular flexibility index (Phi) is 3.00. The summed E-state index contributed by atoms with van der Waals surface area (Å²) >= 11 is 0. The highest BCUT2D eigenvalue weighted by molar-refractivity contribution is 4.99. The van der Waals surface area contributed by atoms with Crippen molar-refractivity contribution in [3.8, 4) is 0 Å². The number of aromatic nitrogens is 5. The van der Waals surface area contributed by atoms with E-state index in [1.54, 1.807) is 6.33 Å². The lowest BCUT2D eigenvalue weighted by atomic mass is 10.4. The van der Waals surface area contributed by atoms with Crippen molar-refractivity contribution in [1.82, 2.24) is 24.5 Å². The van der Waals surface area contributed by atoms with E-state index in [0.29, 0.717) is 19.1 Å². The molecule has 0 fully saturated rings. The molecule has 86 valence electrons. The fraction of sp³-hybridized carbons (Fsp3) is 0.500. The molecule has 6 heteroatoms. The molecule has 2 heterocycles. The van der Waals surface area contributed by atoms with Crippen LogP contribution < -0.4 is 5.73 Å². The molecule has 2 aromatic rings. The minimum atomic E-state index is 0.307. The molecule has 6 nitrogen and oxygen atoms in total. The predicted molar refractivity (Wildman–Crippen MR) is 59.6 cm³/mol. The van der Waals surface area contributed by atoms with Crippen molar-refractivity contribution in [2.24, 2.45) is 5.73 Å². The molecule has 0 unspecified atom stereocenters. The molecule has 0 aliphatic heterocycles. The van der Waals surface area contributed by atoms with Crippen LogP contribution in [0.2, 0.25) is 0 Å². The summed E-state index contributed by atoms with van der Waals surface area (Å²) in [4.78, 5) is 4.23. The molecule has 0 saturated carbocycles. The van der Waals surface area contributed by atoms with Gasteiger partial charge in [0.15, 0.2) is 0 Å². The molecule has 0 aromatic carbocycles. The van der Waals surface area contributed by atoms with E-state index in [9.17, 15) is 0 Å². The third-order valence-electron chi connectivity index (χ3n) is 2.34. The van der Waals surface area contributed by atoms with Crippen LogP contribution in [0.1, 0.15) is 31.4 Å². The van der Waals surface area contributed by atoms with Crippen LogP contribution in [0, 0.1) is 0 Å². The Morgan fingerprint density at radius 2 is 2.25 bits per heavy atom. The third-order valence-corrected chi connectivity index (χ3v) is 2.34. The zero-order valence-corrected chi connectivity index (χ0v) is 9.54. The maximum absolute atomic E-state index is 5.51. The summed E-state index contributed by atoms with van der Waals surface area (Å²) in [7, 11) is 0. The van der Waals surface area contributed by atoms with Gasteiger partial charge in [-0.25, -0.2) is 9.67 Å². The first-order chi connectivity index (χ1) is 7.70. The second-order valence-electron chi connectivity index (χ2n) is 3.92. The Morgan fingerprint density at radius 1 is 1.44 bits per heavy atom. The van der Waals surface area contributed by atoms with Crippen molar-refractivity contribution in [3.05, 3.63) is 30.1 Å². The average Bonchev–Trinajstić information content (AvgIpc) is 2.87. The Balaban J connectivity index is 2.17. The van der Waals surface area contributed by atoms with Crippen LogP contribution in [0.15, 0.2) is 18.6 Å². The van der Waals surface area contributed by atoms with E-state index in [2.05, 4.69) is 29.0 Å². The van der Waals surface area contributed by atoms with Crippen LogP contribution in [-0.2, 0) is 13.1 Å². The van der Waals surface area contributed by atoms with Gasteiger partial charge in [0.2, 0.25) is 0 Å². The number of hydrogen-bond donors (Lipinski definition) is 1. The van der Waals surface area contributed by atoms with Crippen molar-refractivity contribution in [1.29, 1.82) is 0 Å². The van der Waals surface area contributed by atoms with Gasteiger partial charge in [0, 0.05) is 18.8 Å². The normalized spacial score (nSPS) is 11.2. The van der Waals surface area contributed by atoms with Gasteiger partial charge in [0.25, 0.3) is 0 Å². The predicted octanol–water partition coefficient (Wildman–Crippen LogP) is 0.563. The first-order valence-electron chi connectivity index (χ1n) is 5.31. The first-order valence-corrected chi connectivity index (χ1v) is 5.31. The molecule has 0 spiro atoms. The van der Waals surface area contributed by atoms with E-state index in [4.69, 9.17) is 5.73 Å². The van der Waals surface area contributed by atoms with E-state index in [-0.39, 0.29) is 0 Å². The standard InChI is InChI=1S/C10H16N6/c1-8(2)16-10(12-7-13-16)6-15-4-3-9(5-11)14-15/h3-4,7-8H,5-6,11H2,1-2H3. The number of nitrogens with two attached hydrogens (primary N) is 1. The fourth-order valence-corrected chi connectivity index (χ4v) is 1.56. The van der Waals surface area contributed by atoms with Crippen molar-refractivity contribution in [2.75, 3.05) is 0 Å². The first kappa shape index (κ1) is 10.8. The zero-order valence-electron chi connectivity index (χ0n) is 9.54. The molecule has 0 amide bonds. The van der Waals surface area contributed by atoms with Crippen LogP contribution >= 0.6 is 0 Å². The van der Waals surface area contributed by atoms with E-state index in [1.165, 1.54) is 0 Å². The second kappa shape index (κ2) is 4.44. The Hall–Kier alpha value is -1.69. The summed E-state index contributed by atoms with van der Waals surface area (Å²) in [6.45, 7) is 5.24. The smallest absolute Gasteiger partial charge is 0.148 e. The minimum absolute atomic E-state index is 0.307. The van der Waals surface area contributed by atoms with Gasteiger partial charge < -0.3 is 5.73 Å². The monoisotopic (exact) mass is 220 g/mol. The molecule has 0 atom stereocenters. The van der Waals surface area contributed by atoms with Crippen molar-refractivity contribution < 1.29 is 0 Å². The second-order valence-corrected chi connectivity index (χ2v) is 3.92. The maximum Gasteiger partial charge on any atom is 0.148 e.